The van der Waals surface area contributed by atoms with Crippen LogP contribution in [0.25, 0.3) is 0 Å². The molecule has 4 N–H and O–H groups in total. The van der Waals surface area contributed by atoms with E-state index in [2.05, 4.69) is 5.32 Å². The smallest absolute Gasteiger partial charge is 0.225 e. The second-order valence-corrected chi connectivity index (χ2v) is 7.15. The van der Waals surface area contributed by atoms with Gasteiger partial charge in [-0.25, -0.2) is 0 Å². The van der Waals surface area contributed by atoms with Crippen molar-refractivity contribution in [2.45, 2.75) is 63.5 Å². The van der Waals surface area contributed by atoms with Crippen LogP contribution in [0, 0.1) is 23.7 Å². The minimum atomic E-state index is -0.380. The van der Waals surface area contributed by atoms with E-state index in [1.807, 2.05) is 0 Å². The normalized spacial score (nSPS) is 38.9. The molecule has 3 saturated carbocycles. The number of carbonyl (C=O) groups excluding carboxylic acids is 1. The number of carbonyl (C=O) groups is 1. The van der Waals surface area contributed by atoms with Crippen molar-refractivity contribution in [3.63, 3.8) is 0 Å². The van der Waals surface area contributed by atoms with Gasteiger partial charge < -0.3 is 16.2 Å². The number of nitrogens with one attached hydrogen (secondary N) is 1. The molecular formula is C16H28N2O2. The van der Waals surface area contributed by atoms with E-state index in [1.165, 1.54) is 25.7 Å². The lowest BCUT2D eigenvalue weighted by Gasteiger charge is -2.29. The van der Waals surface area contributed by atoms with Crippen molar-refractivity contribution in [3.05, 3.63) is 0 Å². The summed E-state index contributed by atoms with van der Waals surface area (Å²) in [4.78, 5) is 12.3. The van der Waals surface area contributed by atoms with Gasteiger partial charge >= 0.3 is 0 Å². The highest BCUT2D eigenvalue weighted by Gasteiger charge is 2.49. The Morgan fingerprint density at radius 1 is 1.15 bits per heavy atom. The Morgan fingerprint density at radius 2 is 1.85 bits per heavy atom. The lowest BCUT2D eigenvalue weighted by Crippen LogP contribution is -2.47. The second-order valence-electron chi connectivity index (χ2n) is 7.15. The van der Waals surface area contributed by atoms with Crippen LogP contribution in [0.15, 0.2) is 0 Å². The van der Waals surface area contributed by atoms with Crippen LogP contribution in [0.2, 0.25) is 0 Å². The molecule has 4 nitrogen and oxygen atoms in total. The zero-order chi connectivity index (χ0) is 14.1. The average molecular weight is 280 g/mol. The molecule has 0 aromatic carbocycles. The Labute approximate surface area is 121 Å². The highest BCUT2D eigenvalue weighted by atomic mass is 16.3. The van der Waals surface area contributed by atoms with Gasteiger partial charge in [0.1, 0.15) is 0 Å². The van der Waals surface area contributed by atoms with E-state index in [0.717, 1.165) is 25.7 Å². The van der Waals surface area contributed by atoms with E-state index in [0.29, 0.717) is 24.3 Å². The predicted molar refractivity (Wildman–Crippen MR) is 77.9 cm³/mol. The minimum absolute atomic E-state index is 0.00712. The first kappa shape index (κ1) is 14.3. The largest absolute Gasteiger partial charge is 0.391 e. The minimum Gasteiger partial charge on any atom is -0.391 e. The molecule has 0 radical (unpaired) electrons. The third-order valence-corrected chi connectivity index (χ3v) is 5.96. The van der Waals surface area contributed by atoms with Crippen LogP contribution in [0.3, 0.4) is 0 Å². The Hall–Kier alpha value is -0.610. The summed E-state index contributed by atoms with van der Waals surface area (Å²) in [5, 5.41) is 13.2. The molecule has 2 bridgehead atoms. The molecule has 5 atom stereocenters. The lowest BCUT2D eigenvalue weighted by atomic mass is 9.83. The Balaban J connectivity index is 1.47. The first-order valence-electron chi connectivity index (χ1n) is 8.38. The third-order valence-electron chi connectivity index (χ3n) is 5.96. The fraction of sp³-hybridized carbons (Fsp3) is 0.938. The fourth-order valence-corrected chi connectivity index (χ4v) is 4.73. The van der Waals surface area contributed by atoms with Crippen molar-refractivity contribution in [2.24, 2.45) is 29.4 Å². The van der Waals surface area contributed by atoms with Gasteiger partial charge in [-0.1, -0.05) is 19.3 Å². The van der Waals surface area contributed by atoms with Gasteiger partial charge in [0.2, 0.25) is 5.91 Å². The van der Waals surface area contributed by atoms with E-state index >= 15 is 0 Å². The van der Waals surface area contributed by atoms with E-state index in [-0.39, 0.29) is 24.0 Å². The van der Waals surface area contributed by atoms with Gasteiger partial charge in [-0.3, -0.25) is 4.79 Å². The SMILES string of the molecule is NC1C2CCC(C2)C1C(=O)NCC(O)C1CCCCC1. The molecule has 20 heavy (non-hydrogen) atoms. The zero-order valence-electron chi connectivity index (χ0n) is 12.3. The van der Waals surface area contributed by atoms with Crippen LogP contribution in [0.4, 0.5) is 0 Å². The van der Waals surface area contributed by atoms with Crippen molar-refractivity contribution < 1.29 is 9.90 Å². The summed E-state index contributed by atoms with van der Waals surface area (Å²) in [5.74, 6) is 1.49. The molecule has 4 heteroatoms. The summed E-state index contributed by atoms with van der Waals surface area (Å²) in [6.45, 7) is 0.407. The molecule has 3 rings (SSSR count). The van der Waals surface area contributed by atoms with Crippen molar-refractivity contribution in [3.8, 4) is 0 Å². The summed E-state index contributed by atoms with van der Waals surface area (Å²) in [6, 6.07) is 0.0422. The standard InChI is InChI=1S/C16H28N2O2/c17-15-12-7-6-11(8-12)14(15)16(20)18-9-13(19)10-4-2-1-3-5-10/h10-15,19H,1-9,17H2,(H,18,20). The number of hydrogen-bond acceptors (Lipinski definition) is 3. The van der Waals surface area contributed by atoms with Crippen LogP contribution in [-0.2, 0) is 4.79 Å². The van der Waals surface area contributed by atoms with E-state index in [9.17, 15) is 9.90 Å². The number of rotatable bonds is 4. The molecule has 0 aromatic heterocycles. The van der Waals surface area contributed by atoms with Crippen LogP contribution >= 0.6 is 0 Å². The van der Waals surface area contributed by atoms with Gasteiger partial charge in [0, 0.05) is 12.6 Å². The van der Waals surface area contributed by atoms with Crippen LogP contribution < -0.4 is 11.1 Å². The van der Waals surface area contributed by atoms with Crippen molar-refractivity contribution >= 4 is 5.91 Å². The fourth-order valence-electron chi connectivity index (χ4n) is 4.73. The summed E-state index contributed by atoms with van der Waals surface area (Å²) < 4.78 is 0. The number of amides is 1. The quantitative estimate of drug-likeness (QED) is 0.729. The Morgan fingerprint density at radius 3 is 2.50 bits per heavy atom. The van der Waals surface area contributed by atoms with Crippen LogP contribution in [0.1, 0.15) is 51.4 Å². The molecule has 1 amide bonds. The van der Waals surface area contributed by atoms with E-state index in [1.54, 1.807) is 0 Å². The molecule has 3 fully saturated rings. The molecule has 0 aliphatic heterocycles. The van der Waals surface area contributed by atoms with Crippen LogP contribution in [-0.4, -0.2) is 29.7 Å². The van der Waals surface area contributed by atoms with E-state index in [4.69, 9.17) is 5.73 Å². The Bertz CT molecular complexity index is 352. The summed E-state index contributed by atoms with van der Waals surface area (Å²) in [7, 11) is 0. The van der Waals surface area contributed by atoms with Gasteiger partial charge in [0.15, 0.2) is 0 Å². The monoisotopic (exact) mass is 280 g/mol. The van der Waals surface area contributed by atoms with Gasteiger partial charge in [-0.2, -0.15) is 0 Å². The highest BCUT2D eigenvalue weighted by molar-refractivity contribution is 5.80. The third kappa shape index (κ3) is 2.73. The molecule has 3 aliphatic carbocycles. The van der Waals surface area contributed by atoms with Gasteiger partial charge in [0.05, 0.1) is 12.0 Å². The molecule has 0 spiro atoms. The molecule has 0 aromatic rings. The molecule has 5 unspecified atom stereocenters. The zero-order valence-corrected chi connectivity index (χ0v) is 12.3. The topological polar surface area (TPSA) is 75.4 Å². The maximum absolute atomic E-state index is 12.3. The first-order chi connectivity index (χ1) is 9.66. The van der Waals surface area contributed by atoms with E-state index < -0.39 is 0 Å². The highest BCUT2D eigenvalue weighted by Crippen LogP contribution is 2.47. The number of hydrogen-bond donors (Lipinski definition) is 3. The predicted octanol–water partition coefficient (Wildman–Crippen LogP) is 1.42. The van der Waals surface area contributed by atoms with Crippen LogP contribution in [0.5, 0.6) is 0 Å². The van der Waals surface area contributed by atoms with Gasteiger partial charge in [0.25, 0.3) is 0 Å². The number of nitrogens with two attached hydrogens (primary N) is 1. The van der Waals surface area contributed by atoms with Gasteiger partial charge in [-0.15, -0.1) is 0 Å². The molecule has 0 saturated heterocycles. The molecule has 3 aliphatic rings. The average Bonchev–Trinajstić information content (AvgIpc) is 3.06. The van der Waals surface area contributed by atoms with Crippen molar-refractivity contribution in [2.75, 3.05) is 6.54 Å². The molecular weight excluding hydrogens is 252 g/mol. The second kappa shape index (κ2) is 6.02. The summed E-state index contributed by atoms with van der Waals surface area (Å²) in [5.41, 5.74) is 6.19. The maximum Gasteiger partial charge on any atom is 0.225 e. The number of fused-ring (bicyclic) bond motifs is 2. The van der Waals surface area contributed by atoms with Crippen molar-refractivity contribution in [1.29, 1.82) is 0 Å². The van der Waals surface area contributed by atoms with Gasteiger partial charge in [-0.05, 0) is 49.9 Å². The summed E-state index contributed by atoms with van der Waals surface area (Å²) >= 11 is 0. The molecule has 114 valence electrons. The maximum atomic E-state index is 12.3. The van der Waals surface area contributed by atoms with Crippen molar-refractivity contribution in [1.82, 2.24) is 5.32 Å². The number of aliphatic hydroxyl groups excluding tert-OH is 1. The Kier molecular flexibility index (Phi) is 4.32. The lowest BCUT2D eigenvalue weighted by molar-refractivity contribution is -0.127. The first-order valence-corrected chi connectivity index (χ1v) is 8.38. The summed E-state index contributed by atoms with van der Waals surface area (Å²) in [6.07, 6.45) is 9.02. The number of aliphatic hydroxyl groups is 1. The molecule has 0 heterocycles.